The zero-order valence-electron chi connectivity index (χ0n) is 65.1. The summed E-state index contributed by atoms with van der Waals surface area (Å²) in [7, 11) is -9.92. The minimum absolute atomic E-state index is 0.104. The second kappa shape index (κ2) is 69.1. The Morgan fingerprint density at radius 2 is 0.485 bits per heavy atom. The van der Waals surface area contributed by atoms with Crippen LogP contribution in [0.15, 0.2) is 0 Å². The van der Waals surface area contributed by atoms with Gasteiger partial charge in [0.2, 0.25) is 0 Å². The number of ether oxygens (including phenoxy) is 4. The second-order valence-electron chi connectivity index (χ2n) is 30.2. The minimum atomic E-state index is -4.96. The lowest BCUT2D eigenvalue weighted by molar-refractivity contribution is -0.161. The Kier molecular flexibility index (Phi) is 67.8. The van der Waals surface area contributed by atoms with E-state index < -0.39 is 97.5 Å². The van der Waals surface area contributed by atoms with Crippen molar-refractivity contribution in [1.29, 1.82) is 0 Å². The van der Waals surface area contributed by atoms with E-state index in [2.05, 4.69) is 55.4 Å². The number of esters is 4. The molecular weight excluding hydrogens is 1290 g/mol. The van der Waals surface area contributed by atoms with Gasteiger partial charge >= 0.3 is 39.5 Å². The summed E-state index contributed by atoms with van der Waals surface area (Å²) in [6, 6.07) is 0. The fourth-order valence-corrected chi connectivity index (χ4v) is 13.8. The fourth-order valence-electron chi connectivity index (χ4n) is 12.2. The molecule has 0 heterocycles. The number of phosphoric acid groups is 2. The lowest BCUT2D eigenvalue weighted by Gasteiger charge is -2.21. The number of carbonyl (C=O) groups is 4. The molecule has 0 aromatic carbocycles. The van der Waals surface area contributed by atoms with Gasteiger partial charge in [-0.3, -0.25) is 37.3 Å². The van der Waals surface area contributed by atoms with Gasteiger partial charge in [0, 0.05) is 25.7 Å². The van der Waals surface area contributed by atoms with Crippen LogP contribution >= 0.6 is 15.6 Å². The molecule has 0 aromatic rings. The number of carbonyl (C=O) groups excluding carboxylic acids is 4. The number of hydrogen-bond acceptors (Lipinski definition) is 15. The number of rotatable bonds is 77. The summed E-state index contributed by atoms with van der Waals surface area (Å²) in [6.07, 6.45) is 55.4. The predicted octanol–water partition coefficient (Wildman–Crippen LogP) is 23.6. The van der Waals surface area contributed by atoms with E-state index in [1.807, 2.05) is 0 Å². The molecule has 0 spiro atoms. The number of aliphatic hydroxyl groups excluding tert-OH is 1. The molecule has 99 heavy (non-hydrogen) atoms. The van der Waals surface area contributed by atoms with Crippen LogP contribution in [0.4, 0.5) is 0 Å². The van der Waals surface area contributed by atoms with Gasteiger partial charge in [0.05, 0.1) is 26.4 Å². The minimum Gasteiger partial charge on any atom is -0.462 e. The number of unbranched alkanes of at least 4 members (excludes halogenated alkanes) is 41. The topological polar surface area (TPSA) is 237 Å². The van der Waals surface area contributed by atoms with Crippen molar-refractivity contribution in [3.05, 3.63) is 0 Å². The molecule has 0 fully saturated rings. The first-order valence-electron chi connectivity index (χ1n) is 41.3. The maximum Gasteiger partial charge on any atom is 0.472 e. The van der Waals surface area contributed by atoms with Crippen LogP contribution in [0.3, 0.4) is 0 Å². The summed E-state index contributed by atoms with van der Waals surface area (Å²) in [5.41, 5.74) is 0. The number of aliphatic hydroxyl groups is 1. The second-order valence-corrected chi connectivity index (χ2v) is 33.1. The number of hydrogen-bond donors (Lipinski definition) is 3. The van der Waals surface area contributed by atoms with Crippen molar-refractivity contribution in [2.24, 2.45) is 23.7 Å². The molecule has 0 radical (unpaired) electrons. The van der Waals surface area contributed by atoms with Gasteiger partial charge in [0.1, 0.15) is 19.3 Å². The molecule has 0 saturated heterocycles. The van der Waals surface area contributed by atoms with Gasteiger partial charge in [-0.2, -0.15) is 0 Å². The first-order valence-corrected chi connectivity index (χ1v) is 44.3. The summed E-state index contributed by atoms with van der Waals surface area (Å²) in [5.74, 6) is 1.03. The van der Waals surface area contributed by atoms with Gasteiger partial charge < -0.3 is 33.8 Å². The highest BCUT2D eigenvalue weighted by molar-refractivity contribution is 7.47. The van der Waals surface area contributed by atoms with E-state index in [0.29, 0.717) is 25.7 Å². The molecule has 588 valence electrons. The molecule has 19 heteroatoms. The van der Waals surface area contributed by atoms with Crippen molar-refractivity contribution in [2.45, 2.75) is 427 Å². The lowest BCUT2D eigenvalue weighted by Crippen LogP contribution is -2.30. The number of phosphoric ester groups is 2. The molecule has 3 N–H and O–H groups in total. The zero-order chi connectivity index (χ0) is 73.1. The average Bonchev–Trinajstić information content (AvgIpc) is 0.936. The molecule has 17 nitrogen and oxygen atoms in total. The maximum absolute atomic E-state index is 13.1. The highest BCUT2D eigenvalue weighted by Gasteiger charge is 2.30. The van der Waals surface area contributed by atoms with E-state index in [1.165, 1.54) is 212 Å². The van der Waals surface area contributed by atoms with E-state index >= 15 is 0 Å². The van der Waals surface area contributed by atoms with Gasteiger partial charge in [-0.05, 0) is 49.4 Å². The van der Waals surface area contributed by atoms with Crippen molar-refractivity contribution in [3.8, 4) is 0 Å². The van der Waals surface area contributed by atoms with E-state index in [-0.39, 0.29) is 25.7 Å². The quantitative estimate of drug-likeness (QED) is 0.0222. The van der Waals surface area contributed by atoms with Crippen LogP contribution in [0.2, 0.25) is 0 Å². The molecular formula is C80H156O17P2. The first-order chi connectivity index (χ1) is 47.7. The molecule has 0 saturated carbocycles. The Labute approximate surface area is 607 Å². The van der Waals surface area contributed by atoms with E-state index in [9.17, 15) is 43.2 Å². The molecule has 0 amide bonds. The van der Waals surface area contributed by atoms with Gasteiger partial charge in [-0.1, -0.05) is 357 Å². The van der Waals surface area contributed by atoms with Crippen LogP contribution in [0.1, 0.15) is 409 Å². The molecule has 5 unspecified atom stereocenters. The zero-order valence-corrected chi connectivity index (χ0v) is 66.9. The first kappa shape index (κ1) is 97.1. The molecule has 7 atom stereocenters. The lowest BCUT2D eigenvalue weighted by atomic mass is 9.99. The average molecular weight is 1450 g/mol. The third-order valence-corrected chi connectivity index (χ3v) is 21.2. The third kappa shape index (κ3) is 71.5. The SMILES string of the molecule is CCC(C)CCCCCCCCCCCCCCCCC(=O)OC[C@H](COP(=O)(O)OCC(O)COP(=O)(O)OC[C@@H](COC(=O)CCCCCCCCCCC(C)C)OC(=O)CCCCCCCCCCC(C)CC)OC(=O)CCCCCCCCCCCCCCCCCC(C)C. The van der Waals surface area contributed by atoms with Crippen molar-refractivity contribution >= 4 is 39.5 Å². The van der Waals surface area contributed by atoms with E-state index in [0.717, 1.165) is 114 Å². The third-order valence-electron chi connectivity index (χ3n) is 19.3. The van der Waals surface area contributed by atoms with Crippen molar-refractivity contribution in [3.63, 3.8) is 0 Å². The van der Waals surface area contributed by atoms with Crippen molar-refractivity contribution < 1.29 is 80.2 Å². The largest absolute Gasteiger partial charge is 0.472 e. The predicted molar refractivity (Wildman–Crippen MR) is 404 cm³/mol. The van der Waals surface area contributed by atoms with Crippen LogP contribution in [0.25, 0.3) is 0 Å². The van der Waals surface area contributed by atoms with E-state index in [1.54, 1.807) is 0 Å². The van der Waals surface area contributed by atoms with Crippen molar-refractivity contribution in [2.75, 3.05) is 39.6 Å². The highest BCUT2D eigenvalue weighted by atomic mass is 31.2. The van der Waals surface area contributed by atoms with Crippen molar-refractivity contribution in [1.82, 2.24) is 0 Å². The summed E-state index contributed by atoms with van der Waals surface area (Å²) in [6.45, 7) is 14.3. The molecule has 0 rings (SSSR count). The van der Waals surface area contributed by atoms with Crippen LogP contribution in [-0.2, 0) is 65.4 Å². The van der Waals surface area contributed by atoms with Crippen LogP contribution in [0, 0.1) is 23.7 Å². The molecule has 0 aliphatic rings. The fraction of sp³-hybridized carbons (Fsp3) is 0.950. The molecule has 0 aliphatic carbocycles. The summed E-state index contributed by atoms with van der Waals surface area (Å²) in [5, 5.41) is 10.6. The Balaban J connectivity index is 5.25. The Bertz CT molecular complexity index is 1940. The van der Waals surface area contributed by atoms with Crippen LogP contribution in [0.5, 0.6) is 0 Å². The maximum atomic E-state index is 13.1. The summed E-state index contributed by atoms with van der Waals surface area (Å²) in [4.78, 5) is 73.0. The van der Waals surface area contributed by atoms with Gasteiger partial charge in [0.25, 0.3) is 0 Å². The van der Waals surface area contributed by atoms with Gasteiger partial charge in [-0.15, -0.1) is 0 Å². The van der Waals surface area contributed by atoms with E-state index in [4.69, 9.17) is 37.0 Å². The Morgan fingerprint density at radius 1 is 0.283 bits per heavy atom. The molecule has 0 aliphatic heterocycles. The smallest absolute Gasteiger partial charge is 0.462 e. The molecule has 0 aromatic heterocycles. The summed E-state index contributed by atoms with van der Waals surface area (Å²) >= 11 is 0. The normalized spacial score (nSPS) is 14.6. The summed E-state index contributed by atoms with van der Waals surface area (Å²) < 4.78 is 68.7. The highest BCUT2D eigenvalue weighted by Crippen LogP contribution is 2.45. The Hall–Kier alpha value is -1.94. The van der Waals surface area contributed by atoms with Crippen LogP contribution in [-0.4, -0.2) is 96.7 Å². The van der Waals surface area contributed by atoms with Gasteiger partial charge in [-0.25, -0.2) is 9.13 Å². The van der Waals surface area contributed by atoms with Gasteiger partial charge in [0.15, 0.2) is 12.2 Å². The standard InChI is InChI=1S/C80H156O17P2/c1-9-72(7)58-50-42-34-25-21-17-14-15-18-22-26-36-44-52-60-77(82)90-66-75(96-79(84)62-54-46-38-27-23-19-13-11-12-16-20-24-32-40-48-56-70(3)4)68-94-98(86,87)92-64-74(81)65-93-99(88,89)95-69-76(67-91-78(83)61-53-45-37-30-28-33-41-49-57-71(5)6)97-80(85)63-55-47-39-31-29-35-43-51-59-73(8)10-2/h70-76,81H,9-69H2,1-8H3,(H,86,87)(H,88,89)/t72?,73?,74?,75-,76-/m1/s1. The van der Waals surface area contributed by atoms with Crippen LogP contribution < -0.4 is 0 Å². The monoisotopic (exact) mass is 1450 g/mol. The molecule has 0 bridgehead atoms. The Morgan fingerprint density at radius 3 is 0.717 bits per heavy atom.